The van der Waals surface area contributed by atoms with Gasteiger partial charge in [-0.05, 0) is 57.9 Å². The number of amides is 1. The number of esters is 1. The van der Waals surface area contributed by atoms with Gasteiger partial charge >= 0.3 is 12.1 Å². The predicted octanol–water partition coefficient (Wildman–Crippen LogP) is 3.56. The smallest absolute Gasteiger partial charge is 0.412 e. The van der Waals surface area contributed by atoms with Gasteiger partial charge in [-0.3, -0.25) is 10.1 Å². The summed E-state index contributed by atoms with van der Waals surface area (Å²) in [6, 6.07) is 5.76. The van der Waals surface area contributed by atoms with Crippen LogP contribution in [0.25, 0.3) is 0 Å². The standard InChI is InChI=1S/C19H27NO5/c1-6-24-16(21)10-19(11-23-12-19)14-7-13(2)8-15(9-14)20-17(22)25-18(3,4)5/h7-9H,6,10-12H2,1-5H3,(H,20,22). The minimum absolute atomic E-state index is 0.242. The van der Waals surface area contributed by atoms with E-state index in [1.54, 1.807) is 6.92 Å². The molecule has 1 aliphatic heterocycles. The van der Waals surface area contributed by atoms with Gasteiger partial charge in [-0.25, -0.2) is 4.79 Å². The molecule has 0 radical (unpaired) electrons. The third-order valence-corrected chi connectivity index (χ3v) is 3.88. The molecule has 1 saturated heterocycles. The number of hydrogen-bond acceptors (Lipinski definition) is 5. The zero-order valence-electron chi connectivity index (χ0n) is 15.6. The second-order valence-electron chi connectivity index (χ2n) is 7.47. The van der Waals surface area contributed by atoms with Crippen molar-refractivity contribution in [1.29, 1.82) is 0 Å². The number of rotatable bonds is 5. The van der Waals surface area contributed by atoms with E-state index in [0.717, 1.165) is 11.1 Å². The van der Waals surface area contributed by atoms with Gasteiger partial charge in [0, 0.05) is 5.69 Å². The third kappa shape index (κ3) is 5.19. The van der Waals surface area contributed by atoms with Gasteiger partial charge in [0.05, 0.1) is 31.7 Å². The summed E-state index contributed by atoms with van der Waals surface area (Å²) in [5.74, 6) is -0.242. The van der Waals surface area contributed by atoms with Crippen LogP contribution >= 0.6 is 0 Å². The topological polar surface area (TPSA) is 73.9 Å². The van der Waals surface area contributed by atoms with E-state index in [4.69, 9.17) is 14.2 Å². The van der Waals surface area contributed by atoms with Crippen molar-refractivity contribution >= 4 is 17.7 Å². The van der Waals surface area contributed by atoms with Crippen molar-refractivity contribution in [3.63, 3.8) is 0 Å². The highest BCUT2D eigenvalue weighted by atomic mass is 16.6. The van der Waals surface area contributed by atoms with Crippen molar-refractivity contribution in [3.05, 3.63) is 29.3 Å². The maximum Gasteiger partial charge on any atom is 0.412 e. The molecule has 1 heterocycles. The van der Waals surface area contributed by atoms with Gasteiger partial charge in [0.25, 0.3) is 0 Å². The quantitative estimate of drug-likeness (QED) is 0.823. The van der Waals surface area contributed by atoms with Crippen LogP contribution < -0.4 is 5.32 Å². The van der Waals surface area contributed by atoms with Crippen LogP contribution in [0.3, 0.4) is 0 Å². The van der Waals surface area contributed by atoms with Crippen LogP contribution in [0.5, 0.6) is 0 Å². The number of ether oxygens (including phenoxy) is 3. The average molecular weight is 349 g/mol. The first-order valence-corrected chi connectivity index (χ1v) is 8.49. The van der Waals surface area contributed by atoms with Gasteiger partial charge in [0.15, 0.2) is 0 Å². The minimum atomic E-state index is -0.566. The van der Waals surface area contributed by atoms with Crippen LogP contribution in [-0.2, 0) is 24.4 Å². The molecule has 1 aromatic rings. The molecule has 0 aromatic heterocycles. The number of anilines is 1. The van der Waals surface area contributed by atoms with E-state index in [2.05, 4.69) is 5.32 Å². The first kappa shape index (κ1) is 19.2. The molecular weight excluding hydrogens is 322 g/mol. The van der Waals surface area contributed by atoms with Gasteiger partial charge in [0.1, 0.15) is 5.60 Å². The molecule has 0 aliphatic carbocycles. The lowest BCUT2D eigenvalue weighted by Crippen LogP contribution is -2.48. The maximum atomic E-state index is 12.0. The first-order valence-electron chi connectivity index (χ1n) is 8.49. The fourth-order valence-electron chi connectivity index (χ4n) is 2.79. The number of hydrogen-bond donors (Lipinski definition) is 1. The summed E-state index contributed by atoms with van der Waals surface area (Å²) in [5.41, 5.74) is 1.61. The molecule has 1 N–H and O–H groups in total. The van der Waals surface area contributed by atoms with Gasteiger partial charge in [0.2, 0.25) is 0 Å². The molecule has 6 nitrogen and oxygen atoms in total. The number of carbonyl (C=O) groups is 2. The molecule has 138 valence electrons. The molecule has 0 spiro atoms. The zero-order chi connectivity index (χ0) is 18.7. The molecule has 25 heavy (non-hydrogen) atoms. The van der Waals surface area contributed by atoms with Crippen LogP contribution in [0.4, 0.5) is 10.5 Å². The number of nitrogens with one attached hydrogen (secondary N) is 1. The lowest BCUT2D eigenvalue weighted by Gasteiger charge is -2.41. The van der Waals surface area contributed by atoms with Crippen molar-refractivity contribution in [1.82, 2.24) is 0 Å². The molecule has 1 aliphatic rings. The summed E-state index contributed by atoms with van der Waals surface area (Å²) in [5, 5.41) is 2.76. The van der Waals surface area contributed by atoms with E-state index in [1.807, 2.05) is 45.9 Å². The Morgan fingerprint density at radius 3 is 2.44 bits per heavy atom. The number of benzene rings is 1. The lowest BCUT2D eigenvalue weighted by molar-refractivity contribution is -0.151. The van der Waals surface area contributed by atoms with E-state index in [-0.39, 0.29) is 12.4 Å². The Labute approximate surface area is 148 Å². The van der Waals surface area contributed by atoms with E-state index < -0.39 is 17.1 Å². The molecule has 1 aromatic carbocycles. The summed E-state index contributed by atoms with van der Waals surface area (Å²) in [4.78, 5) is 24.0. The van der Waals surface area contributed by atoms with Gasteiger partial charge < -0.3 is 14.2 Å². The zero-order valence-corrected chi connectivity index (χ0v) is 15.6. The van der Waals surface area contributed by atoms with Crippen LogP contribution in [0, 0.1) is 6.92 Å². The van der Waals surface area contributed by atoms with E-state index in [9.17, 15) is 9.59 Å². The summed E-state index contributed by atoms with van der Waals surface area (Å²) >= 11 is 0. The monoisotopic (exact) mass is 349 g/mol. The molecule has 0 saturated carbocycles. The maximum absolute atomic E-state index is 12.0. The van der Waals surface area contributed by atoms with Crippen LogP contribution in [0.1, 0.15) is 45.2 Å². The molecule has 1 fully saturated rings. The highest BCUT2D eigenvalue weighted by molar-refractivity contribution is 5.85. The Balaban J connectivity index is 2.19. The van der Waals surface area contributed by atoms with Crippen molar-refractivity contribution in [2.24, 2.45) is 0 Å². The Bertz CT molecular complexity index is 644. The van der Waals surface area contributed by atoms with E-state index in [0.29, 0.717) is 25.5 Å². The molecule has 2 rings (SSSR count). The molecule has 6 heteroatoms. The predicted molar refractivity (Wildman–Crippen MR) is 94.8 cm³/mol. The number of carbonyl (C=O) groups excluding carboxylic acids is 2. The summed E-state index contributed by atoms with van der Waals surface area (Å²) in [6.07, 6.45) is -0.246. The SMILES string of the molecule is CCOC(=O)CC1(c2cc(C)cc(NC(=O)OC(C)(C)C)c2)COC1. The fourth-order valence-corrected chi connectivity index (χ4v) is 2.79. The Hall–Kier alpha value is -2.08. The normalized spacial score (nSPS) is 15.9. The van der Waals surface area contributed by atoms with E-state index in [1.165, 1.54) is 0 Å². The van der Waals surface area contributed by atoms with Gasteiger partial charge in [-0.2, -0.15) is 0 Å². The molecule has 0 unspecified atom stereocenters. The lowest BCUT2D eigenvalue weighted by atomic mass is 9.75. The Morgan fingerprint density at radius 1 is 1.24 bits per heavy atom. The highest BCUT2D eigenvalue weighted by Gasteiger charge is 2.43. The Kier molecular flexibility index (Phi) is 5.72. The molecule has 0 atom stereocenters. The van der Waals surface area contributed by atoms with Gasteiger partial charge in [-0.15, -0.1) is 0 Å². The van der Waals surface area contributed by atoms with Crippen LogP contribution in [0.15, 0.2) is 18.2 Å². The van der Waals surface area contributed by atoms with Crippen molar-refractivity contribution in [2.45, 2.75) is 52.1 Å². The first-order chi connectivity index (χ1) is 11.6. The molecule has 1 amide bonds. The summed E-state index contributed by atoms with van der Waals surface area (Å²) < 4.78 is 15.8. The van der Waals surface area contributed by atoms with Crippen molar-refractivity contribution in [3.8, 4) is 0 Å². The average Bonchev–Trinajstić information content (AvgIpc) is 2.40. The largest absolute Gasteiger partial charge is 0.466 e. The second-order valence-corrected chi connectivity index (χ2v) is 7.47. The minimum Gasteiger partial charge on any atom is -0.466 e. The van der Waals surface area contributed by atoms with Crippen molar-refractivity contribution in [2.75, 3.05) is 25.1 Å². The van der Waals surface area contributed by atoms with Crippen LogP contribution in [0.2, 0.25) is 0 Å². The van der Waals surface area contributed by atoms with Gasteiger partial charge in [-0.1, -0.05) is 6.07 Å². The summed E-state index contributed by atoms with van der Waals surface area (Å²) in [7, 11) is 0. The number of aryl methyl sites for hydroxylation is 1. The van der Waals surface area contributed by atoms with E-state index >= 15 is 0 Å². The fraction of sp³-hybridized carbons (Fsp3) is 0.579. The van der Waals surface area contributed by atoms with Crippen molar-refractivity contribution < 1.29 is 23.8 Å². The molecule has 0 bridgehead atoms. The highest BCUT2D eigenvalue weighted by Crippen LogP contribution is 2.38. The Morgan fingerprint density at radius 2 is 1.92 bits per heavy atom. The second kappa shape index (κ2) is 7.44. The third-order valence-electron chi connectivity index (χ3n) is 3.88. The molecular formula is C19H27NO5. The van der Waals surface area contributed by atoms with Crippen LogP contribution in [-0.4, -0.2) is 37.5 Å². The summed E-state index contributed by atoms with van der Waals surface area (Å²) in [6.45, 7) is 10.5.